The Bertz CT molecular complexity index is 163. The van der Waals surface area contributed by atoms with E-state index in [0.29, 0.717) is 39.3 Å². The molecule has 0 saturated carbocycles. The molecule has 2 rings (SSSR count). The van der Waals surface area contributed by atoms with Crippen LogP contribution in [0.15, 0.2) is 0 Å². The van der Waals surface area contributed by atoms with E-state index in [0.717, 1.165) is 0 Å². The monoisotopic (exact) mass is 306 g/mol. The molecule has 6 nitrogen and oxygen atoms in total. The molecular formula is C10H24Cl2N2O4. The molecule has 8 heteroatoms. The summed E-state index contributed by atoms with van der Waals surface area (Å²) < 4.78 is 9.93. The van der Waals surface area contributed by atoms with E-state index < -0.39 is 0 Å². The maximum Gasteiger partial charge on any atom is 0.0735 e. The van der Waals surface area contributed by atoms with E-state index in [9.17, 15) is 0 Å². The maximum atomic E-state index is 8.97. The van der Waals surface area contributed by atoms with Crippen LogP contribution in [0, 0.1) is 0 Å². The SMILES string of the molecule is Cl.Cl.N[C@@H]1COCC[C@H]1O.N[C@H]1COCC[C@@H]1O. The van der Waals surface area contributed by atoms with Gasteiger partial charge in [-0.1, -0.05) is 0 Å². The minimum atomic E-state index is -0.344. The zero-order valence-corrected chi connectivity index (χ0v) is 11.9. The fourth-order valence-corrected chi connectivity index (χ4v) is 1.50. The van der Waals surface area contributed by atoms with Gasteiger partial charge in [-0.2, -0.15) is 0 Å². The van der Waals surface area contributed by atoms with Crippen LogP contribution >= 0.6 is 24.8 Å². The number of rotatable bonds is 0. The van der Waals surface area contributed by atoms with Crippen molar-refractivity contribution in [2.24, 2.45) is 11.5 Å². The minimum absolute atomic E-state index is 0. The van der Waals surface area contributed by atoms with Gasteiger partial charge >= 0.3 is 0 Å². The fourth-order valence-electron chi connectivity index (χ4n) is 1.50. The minimum Gasteiger partial charge on any atom is -0.391 e. The summed E-state index contributed by atoms with van der Waals surface area (Å²) in [7, 11) is 0. The van der Waals surface area contributed by atoms with Gasteiger partial charge in [0.05, 0.1) is 37.5 Å². The number of halogens is 2. The van der Waals surface area contributed by atoms with Gasteiger partial charge in [0.15, 0.2) is 0 Å². The van der Waals surface area contributed by atoms with E-state index >= 15 is 0 Å². The number of nitrogens with two attached hydrogens (primary N) is 2. The van der Waals surface area contributed by atoms with E-state index in [4.69, 9.17) is 31.2 Å². The van der Waals surface area contributed by atoms with Gasteiger partial charge < -0.3 is 31.2 Å². The lowest BCUT2D eigenvalue weighted by Crippen LogP contribution is -2.43. The van der Waals surface area contributed by atoms with Crippen molar-refractivity contribution in [2.75, 3.05) is 26.4 Å². The molecular weight excluding hydrogens is 283 g/mol. The first-order chi connectivity index (χ1) is 7.61. The molecule has 0 amide bonds. The fraction of sp³-hybridized carbons (Fsp3) is 1.00. The summed E-state index contributed by atoms with van der Waals surface area (Å²) in [5, 5.41) is 17.9. The van der Waals surface area contributed by atoms with Crippen LogP contribution in [0.2, 0.25) is 0 Å². The topological polar surface area (TPSA) is 111 Å². The Hall–Kier alpha value is 0.340. The maximum absolute atomic E-state index is 8.97. The summed E-state index contributed by atoms with van der Waals surface area (Å²) in [6, 6.07) is -0.326. The van der Waals surface area contributed by atoms with Crippen molar-refractivity contribution >= 4 is 24.8 Å². The van der Waals surface area contributed by atoms with Gasteiger partial charge in [-0.15, -0.1) is 24.8 Å². The zero-order chi connectivity index (χ0) is 12.0. The Balaban J connectivity index is 0. The molecule has 0 aliphatic carbocycles. The summed E-state index contributed by atoms with van der Waals surface area (Å²) in [5.41, 5.74) is 10.8. The van der Waals surface area contributed by atoms with E-state index in [1.165, 1.54) is 0 Å². The smallest absolute Gasteiger partial charge is 0.0735 e. The van der Waals surface area contributed by atoms with Crippen LogP contribution in [0.25, 0.3) is 0 Å². The molecule has 2 aliphatic rings. The lowest BCUT2D eigenvalue weighted by molar-refractivity contribution is -0.00340. The van der Waals surface area contributed by atoms with Gasteiger partial charge in [0.1, 0.15) is 0 Å². The second-order valence-corrected chi connectivity index (χ2v) is 4.19. The summed E-state index contributed by atoms with van der Waals surface area (Å²) in [5.74, 6) is 0. The third kappa shape index (κ3) is 7.70. The van der Waals surface area contributed by atoms with Crippen LogP contribution in [0.1, 0.15) is 12.8 Å². The molecule has 6 N–H and O–H groups in total. The normalized spacial score (nSPS) is 35.3. The van der Waals surface area contributed by atoms with Gasteiger partial charge in [0.2, 0.25) is 0 Å². The van der Waals surface area contributed by atoms with E-state index in [2.05, 4.69) is 0 Å². The summed E-state index contributed by atoms with van der Waals surface area (Å²) in [4.78, 5) is 0. The van der Waals surface area contributed by atoms with Crippen LogP contribution in [-0.2, 0) is 9.47 Å². The molecule has 2 heterocycles. The van der Waals surface area contributed by atoms with Gasteiger partial charge in [-0.3, -0.25) is 0 Å². The summed E-state index contributed by atoms with van der Waals surface area (Å²) >= 11 is 0. The molecule has 18 heavy (non-hydrogen) atoms. The van der Waals surface area contributed by atoms with Crippen LogP contribution < -0.4 is 11.5 Å². The molecule has 112 valence electrons. The highest BCUT2D eigenvalue weighted by molar-refractivity contribution is 5.85. The van der Waals surface area contributed by atoms with Crippen molar-refractivity contribution in [1.29, 1.82) is 0 Å². The summed E-state index contributed by atoms with van der Waals surface area (Å²) in [6.07, 6.45) is 0.676. The highest BCUT2D eigenvalue weighted by atomic mass is 35.5. The van der Waals surface area contributed by atoms with Gasteiger partial charge in [0, 0.05) is 13.2 Å². The van der Waals surface area contributed by atoms with Crippen molar-refractivity contribution in [3.8, 4) is 0 Å². The van der Waals surface area contributed by atoms with Crippen molar-refractivity contribution in [3.63, 3.8) is 0 Å². The average Bonchev–Trinajstić information content (AvgIpc) is 2.28. The lowest BCUT2D eigenvalue weighted by atomic mass is 10.1. The largest absolute Gasteiger partial charge is 0.391 e. The van der Waals surface area contributed by atoms with Crippen molar-refractivity contribution in [3.05, 3.63) is 0 Å². The number of hydrogen-bond donors (Lipinski definition) is 4. The third-order valence-electron chi connectivity index (χ3n) is 2.72. The third-order valence-corrected chi connectivity index (χ3v) is 2.72. The Morgan fingerprint density at radius 3 is 1.28 bits per heavy atom. The molecule has 0 aromatic heterocycles. The molecule has 0 unspecified atom stereocenters. The molecule has 2 saturated heterocycles. The number of hydrogen-bond acceptors (Lipinski definition) is 6. The van der Waals surface area contributed by atoms with Crippen LogP contribution in [0.3, 0.4) is 0 Å². The van der Waals surface area contributed by atoms with Crippen molar-refractivity contribution in [1.82, 2.24) is 0 Å². The average molecular weight is 307 g/mol. The van der Waals surface area contributed by atoms with Gasteiger partial charge in [-0.05, 0) is 12.8 Å². The first-order valence-corrected chi connectivity index (χ1v) is 5.64. The molecule has 4 atom stereocenters. The number of ether oxygens (including phenoxy) is 2. The number of aliphatic hydroxyl groups is 2. The van der Waals surface area contributed by atoms with Crippen LogP contribution in [0.4, 0.5) is 0 Å². The van der Waals surface area contributed by atoms with Crippen LogP contribution in [-0.4, -0.2) is 60.9 Å². The highest BCUT2D eigenvalue weighted by Crippen LogP contribution is 2.04. The Morgan fingerprint density at radius 1 is 0.778 bits per heavy atom. The second kappa shape index (κ2) is 11.2. The lowest BCUT2D eigenvalue weighted by Gasteiger charge is -2.23. The molecule has 0 radical (unpaired) electrons. The number of aliphatic hydroxyl groups excluding tert-OH is 2. The molecule has 2 aliphatic heterocycles. The molecule has 2 fully saturated rings. The highest BCUT2D eigenvalue weighted by Gasteiger charge is 2.19. The standard InChI is InChI=1S/2C5H11NO2.2ClH/c2*6-4-3-8-2-1-5(4)7;;/h2*4-5,7H,1-3,6H2;2*1H/t2*4-,5-;;/m10../s1. The van der Waals surface area contributed by atoms with Gasteiger partial charge in [-0.25, -0.2) is 0 Å². The Kier molecular flexibility index (Phi) is 12.8. The van der Waals surface area contributed by atoms with E-state index in [1.807, 2.05) is 0 Å². The molecule has 0 aromatic carbocycles. The Morgan fingerprint density at radius 2 is 1.11 bits per heavy atom. The zero-order valence-electron chi connectivity index (χ0n) is 10.2. The summed E-state index contributed by atoms with van der Waals surface area (Å²) in [6.45, 7) is 2.30. The predicted molar refractivity (Wildman–Crippen MR) is 73.3 cm³/mol. The molecule has 0 aromatic rings. The molecule has 0 spiro atoms. The first-order valence-electron chi connectivity index (χ1n) is 5.64. The second-order valence-electron chi connectivity index (χ2n) is 4.19. The quantitative estimate of drug-likeness (QED) is 0.458. The van der Waals surface area contributed by atoms with Crippen molar-refractivity contribution < 1.29 is 19.7 Å². The van der Waals surface area contributed by atoms with E-state index in [1.54, 1.807) is 0 Å². The van der Waals surface area contributed by atoms with Crippen molar-refractivity contribution in [2.45, 2.75) is 37.1 Å². The molecule has 0 bridgehead atoms. The van der Waals surface area contributed by atoms with Crippen LogP contribution in [0.5, 0.6) is 0 Å². The van der Waals surface area contributed by atoms with E-state index in [-0.39, 0.29) is 49.1 Å². The Labute approximate surface area is 120 Å². The predicted octanol–water partition coefficient (Wildman–Crippen LogP) is -0.967. The first kappa shape index (κ1) is 20.7. The van der Waals surface area contributed by atoms with Gasteiger partial charge in [0.25, 0.3) is 0 Å².